The van der Waals surface area contributed by atoms with E-state index in [4.69, 9.17) is 10.2 Å². The predicted octanol–water partition coefficient (Wildman–Crippen LogP) is 0.213. The van der Waals surface area contributed by atoms with Gasteiger partial charge in [0.1, 0.15) is 6.54 Å². The number of hydrogen-bond donors (Lipinski definition) is 1. The van der Waals surface area contributed by atoms with Crippen molar-refractivity contribution in [3.05, 3.63) is 36.0 Å². The molecule has 6 nitrogen and oxygen atoms in total. The van der Waals surface area contributed by atoms with Gasteiger partial charge in [-0.25, -0.2) is 4.68 Å². The molecule has 0 saturated heterocycles. The minimum absolute atomic E-state index is 0.112. The summed E-state index contributed by atoms with van der Waals surface area (Å²) in [4.78, 5) is 11.6. The van der Waals surface area contributed by atoms with Crippen molar-refractivity contribution in [2.24, 2.45) is 5.73 Å². The van der Waals surface area contributed by atoms with Gasteiger partial charge < -0.3 is 10.2 Å². The first-order valence-electron chi connectivity index (χ1n) is 4.45. The van der Waals surface area contributed by atoms with E-state index in [0.717, 1.165) is 0 Å². The third-order valence-corrected chi connectivity index (χ3v) is 1.90. The third kappa shape index (κ3) is 2.10. The molecule has 0 aliphatic heterocycles. The zero-order valence-corrected chi connectivity index (χ0v) is 7.96. The molecule has 0 aromatic carbocycles. The van der Waals surface area contributed by atoms with Gasteiger partial charge in [0.05, 0.1) is 18.2 Å². The second kappa shape index (κ2) is 4.05. The van der Waals surface area contributed by atoms with Crippen LogP contribution < -0.4 is 5.73 Å². The Morgan fingerprint density at radius 1 is 1.60 bits per heavy atom. The Hall–Kier alpha value is -1.95. The van der Waals surface area contributed by atoms with Crippen LogP contribution in [0, 0.1) is 0 Å². The first-order valence-corrected chi connectivity index (χ1v) is 4.45. The van der Waals surface area contributed by atoms with E-state index in [1.807, 2.05) is 0 Å². The van der Waals surface area contributed by atoms with E-state index >= 15 is 0 Å². The predicted molar refractivity (Wildman–Crippen MR) is 51.0 cm³/mol. The van der Waals surface area contributed by atoms with Crippen molar-refractivity contribution in [2.75, 3.05) is 0 Å². The molecule has 2 aromatic rings. The minimum Gasteiger partial charge on any atom is -0.461 e. The van der Waals surface area contributed by atoms with Crippen LogP contribution in [0.5, 0.6) is 0 Å². The van der Waals surface area contributed by atoms with E-state index in [1.54, 1.807) is 18.3 Å². The van der Waals surface area contributed by atoms with Crippen LogP contribution in [0.25, 0.3) is 0 Å². The van der Waals surface area contributed by atoms with Crippen molar-refractivity contribution >= 4 is 5.78 Å². The molecular formula is C9H10N4O2. The highest BCUT2D eigenvalue weighted by Gasteiger charge is 2.10. The number of ketones is 1. The number of nitrogens with zero attached hydrogens (tertiary/aromatic N) is 3. The van der Waals surface area contributed by atoms with Crippen molar-refractivity contribution in [1.82, 2.24) is 15.0 Å². The van der Waals surface area contributed by atoms with Gasteiger partial charge in [0, 0.05) is 6.54 Å². The van der Waals surface area contributed by atoms with Gasteiger partial charge >= 0.3 is 0 Å². The highest BCUT2D eigenvalue weighted by molar-refractivity contribution is 5.93. The quantitative estimate of drug-likeness (QED) is 0.722. The molecule has 0 aliphatic carbocycles. The Bertz CT molecular complexity index is 446. The van der Waals surface area contributed by atoms with Crippen molar-refractivity contribution in [2.45, 2.75) is 13.1 Å². The summed E-state index contributed by atoms with van der Waals surface area (Å²) in [7, 11) is 0. The summed E-state index contributed by atoms with van der Waals surface area (Å²) in [5.74, 6) is 0.174. The first kappa shape index (κ1) is 9.60. The summed E-state index contributed by atoms with van der Waals surface area (Å²) in [5.41, 5.74) is 6.02. The van der Waals surface area contributed by atoms with Crippen molar-refractivity contribution < 1.29 is 9.21 Å². The summed E-state index contributed by atoms with van der Waals surface area (Å²) in [6, 6.07) is 3.28. The lowest BCUT2D eigenvalue weighted by Crippen LogP contribution is -2.10. The zero-order chi connectivity index (χ0) is 10.7. The molecule has 0 atom stereocenters. The topological polar surface area (TPSA) is 86.9 Å². The van der Waals surface area contributed by atoms with E-state index in [1.165, 1.54) is 10.9 Å². The fraction of sp³-hybridized carbons (Fsp3) is 0.222. The summed E-state index contributed by atoms with van der Waals surface area (Å²) >= 11 is 0. The molecule has 0 fully saturated rings. The molecule has 0 aliphatic rings. The van der Waals surface area contributed by atoms with Crippen molar-refractivity contribution in [1.29, 1.82) is 0 Å². The SMILES string of the molecule is NCc1cn(CC(=O)c2ccco2)nn1. The fourth-order valence-corrected chi connectivity index (χ4v) is 1.17. The van der Waals surface area contributed by atoms with Gasteiger partial charge in [0.15, 0.2) is 5.76 Å². The Kier molecular flexibility index (Phi) is 2.59. The van der Waals surface area contributed by atoms with E-state index in [0.29, 0.717) is 18.0 Å². The Balaban J connectivity index is 2.06. The zero-order valence-electron chi connectivity index (χ0n) is 7.96. The second-order valence-electron chi connectivity index (χ2n) is 3.01. The number of aromatic nitrogens is 3. The van der Waals surface area contributed by atoms with E-state index in [9.17, 15) is 4.79 Å². The highest BCUT2D eigenvalue weighted by atomic mass is 16.3. The molecule has 6 heteroatoms. The van der Waals surface area contributed by atoms with Crippen LogP contribution in [-0.4, -0.2) is 20.8 Å². The number of rotatable bonds is 4. The number of hydrogen-bond acceptors (Lipinski definition) is 5. The molecule has 0 amide bonds. The minimum atomic E-state index is -0.145. The average Bonchev–Trinajstić information content (AvgIpc) is 2.87. The largest absolute Gasteiger partial charge is 0.461 e. The molecule has 0 spiro atoms. The van der Waals surface area contributed by atoms with Gasteiger partial charge in [-0.3, -0.25) is 4.79 Å². The number of carbonyl (C=O) groups is 1. The lowest BCUT2D eigenvalue weighted by Gasteiger charge is -1.95. The molecule has 2 N–H and O–H groups in total. The van der Waals surface area contributed by atoms with Crippen LogP contribution in [0.3, 0.4) is 0 Å². The Labute approximate surface area is 85.7 Å². The molecule has 15 heavy (non-hydrogen) atoms. The molecule has 0 radical (unpaired) electrons. The maximum atomic E-state index is 11.6. The average molecular weight is 206 g/mol. The monoisotopic (exact) mass is 206 g/mol. The maximum Gasteiger partial charge on any atom is 0.219 e. The maximum absolute atomic E-state index is 11.6. The van der Waals surface area contributed by atoms with Gasteiger partial charge in [-0.1, -0.05) is 5.21 Å². The lowest BCUT2D eigenvalue weighted by molar-refractivity contribution is 0.0939. The summed E-state index contributed by atoms with van der Waals surface area (Å²) in [6.07, 6.45) is 3.10. The standard InChI is InChI=1S/C9H10N4O2/c10-4-7-5-13(12-11-7)6-8(14)9-2-1-3-15-9/h1-3,5H,4,6,10H2. The summed E-state index contributed by atoms with van der Waals surface area (Å²) in [6.45, 7) is 0.426. The van der Waals surface area contributed by atoms with Crippen molar-refractivity contribution in [3.8, 4) is 0 Å². The van der Waals surface area contributed by atoms with Crippen LogP contribution in [0.4, 0.5) is 0 Å². The molecule has 2 aromatic heterocycles. The molecule has 0 unspecified atom stereocenters. The molecule has 0 saturated carbocycles. The number of carbonyl (C=O) groups excluding carboxylic acids is 1. The van der Waals surface area contributed by atoms with Gasteiger partial charge in [0.2, 0.25) is 5.78 Å². The molecule has 2 rings (SSSR count). The van der Waals surface area contributed by atoms with E-state index in [2.05, 4.69) is 10.3 Å². The van der Waals surface area contributed by atoms with Crippen LogP contribution in [0.15, 0.2) is 29.0 Å². The third-order valence-electron chi connectivity index (χ3n) is 1.90. The number of Topliss-reactive ketones (excluding diaryl/α,β-unsaturated/α-hetero) is 1. The Morgan fingerprint density at radius 3 is 3.07 bits per heavy atom. The smallest absolute Gasteiger partial charge is 0.219 e. The van der Waals surface area contributed by atoms with E-state index < -0.39 is 0 Å². The summed E-state index contributed by atoms with van der Waals surface area (Å²) < 4.78 is 6.40. The van der Waals surface area contributed by atoms with E-state index in [-0.39, 0.29) is 12.3 Å². The molecule has 0 bridgehead atoms. The number of furan rings is 1. The molecule has 2 heterocycles. The van der Waals surface area contributed by atoms with Crippen LogP contribution in [-0.2, 0) is 13.1 Å². The summed E-state index contributed by atoms with van der Waals surface area (Å²) in [5, 5.41) is 7.54. The van der Waals surface area contributed by atoms with Gasteiger partial charge in [-0.15, -0.1) is 5.10 Å². The van der Waals surface area contributed by atoms with Crippen LogP contribution in [0.2, 0.25) is 0 Å². The Morgan fingerprint density at radius 2 is 2.47 bits per heavy atom. The highest BCUT2D eigenvalue weighted by Crippen LogP contribution is 2.03. The fourth-order valence-electron chi connectivity index (χ4n) is 1.17. The van der Waals surface area contributed by atoms with Crippen LogP contribution in [0.1, 0.15) is 16.2 Å². The van der Waals surface area contributed by atoms with Gasteiger partial charge in [-0.2, -0.15) is 0 Å². The second-order valence-corrected chi connectivity index (χ2v) is 3.01. The van der Waals surface area contributed by atoms with Gasteiger partial charge in [0.25, 0.3) is 0 Å². The first-order chi connectivity index (χ1) is 7.29. The number of nitrogens with two attached hydrogens (primary N) is 1. The lowest BCUT2D eigenvalue weighted by atomic mass is 10.3. The van der Waals surface area contributed by atoms with Crippen molar-refractivity contribution in [3.63, 3.8) is 0 Å². The van der Waals surface area contributed by atoms with Gasteiger partial charge in [-0.05, 0) is 12.1 Å². The molecular weight excluding hydrogens is 196 g/mol. The molecule has 78 valence electrons. The normalized spacial score (nSPS) is 10.5. The van der Waals surface area contributed by atoms with Crippen LogP contribution >= 0.6 is 0 Å².